The number of benzene rings is 2. The Labute approximate surface area is 168 Å². The number of rotatable bonds is 8. The van der Waals surface area contributed by atoms with Crippen molar-refractivity contribution in [1.29, 1.82) is 0 Å². The lowest BCUT2D eigenvalue weighted by Gasteiger charge is -2.22. The Morgan fingerprint density at radius 3 is 2.14 bits per heavy atom. The minimum atomic E-state index is -0.560. The molecule has 4 heteroatoms. The molecule has 0 saturated heterocycles. The van der Waals surface area contributed by atoms with Gasteiger partial charge in [-0.2, -0.15) is 0 Å². The van der Waals surface area contributed by atoms with E-state index in [4.69, 9.17) is 0 Å². The number of hydrogen-bond acceptors (Lipinski definition) is 2. The van der Waals surface area contributed by atoms with Crippen LogP contribution >= 0.6 is 0 Å². The predicted molar refractivity (Wildman–Crippen MR) is 115 cm³/mol. The van der Waals surface area contributed by atoms with Gasteiger partial charge in [0.2, 0.25) is 5.91 Å². The van der Waals surface area contributed by atoms with Crippen molar-refractivity contribution in [3.63, 3.8) is 0 Å². The number of nitrogens with one attached hydrogen (secondary N) is 2. The molecule has 0 radical (unpaired) electrons. The molecule has 0 aromatic heterocycles. The van der Waals surface area contributed by atoms with Gasteiger partial charge in [-0.3, -0.25) is 9.59 Å². The van der Waals surface area contributed by atoms with Crippen molar-refractivity contribution in [3.05, 3.63) is 70.8 Å². The first-order valence-electron chi connectivity index (χ1n) is 10.0. The standard InChI is InChI=1S/C24H32N2O2/c1-16(2)20-12-10-19(11-13-20)14-15-25-24(28)22(17(3)4)26-23(27)21-9-7-6-8-18(21)5/h6-13,16-17,22H,14-15H2,1-5H3,(H,25,28)(H,26,27). The maximum Gasteiger partial charge on any atom is 0.252 e. The zero-order chi connectivity index (χ0) is 20.7. The lowest BCUT2D eigenvalue weighted by atomic mass is 10.0. The molecular weight excluding hydrogens is 348 g/mol. The normalized spacial score (nSPS) is 12.1. The van der Waals surface area contributed by atoms with Crippen molar-refractivity contribution in [1.82, 2.24) is 10.6 Å². The smallest absolute Gasteiger partial charge is 0.252 e. The topological polar surface area (TPSA) is 58.2 Å². The van der Waals surface area contributed by atoms with Gasteiger partial charge in [0.1, 0.15) is 6.04 Å². The van der Waals surface area contributed by atoms with E-state index in [1.807, 2.05) is 39.0 Å². The molecule has 0 aliphatic carbocycles. The Morgan fingerprint density at radius 2 is 1.57 bits per heavy atom. The van der Waals surface area contributed by atoms with E-state index in [1.165, 1.54) is 11.1 Å². The number of carbonyl (C=O) groups excluding carboxylic acids is 2. The van der Waals surface area contributed by atoms with Gasteiger partial charge in [0.15, 0.2) is 0 Å². The van der Waals surface area contributed by atoms with E-state index in [1.54, 1.807) is 6.07 Å². The van der Waals surface area contributed by atoms with Crippen molar-refractivity contribution in [3.8, 4) is 0 Å². The molecule has 2 rings (SSSR count). The van der Waals surface area contributed by atoms with Crippen molar-refractivity contribution >= 4 is 11.8 Å². The highest BCUT2D eigenvalue weighted by molar-refractivity contribution is 5.98. The quantitative estimate of drug-likeness (QED) is 0.720. The third-order valence-electron chi connectivity index (χ3n) is 4.98. The molecule has 2 N–H and O–H groups in total. The fourth-order valence-electron chi connectivity index (χ4n) is 3.09. The van der Waals surface area contributed by atoms with Gasteiger partial charge in [0.05, 0.1) is 0 Å². The summed E-state index contributed by atoms with van der Waals surface area (Å²) in [7, 11) is 0. The molecule has 2 aromatic rings. The molecule has 0 heterocycles. The van der Waals surface area contributed by atoms with Gasteiger partial charge in [-0.25, -0.2) is 0 Å². The minimum absolute atomic E-state index is 0.00158. The van der Waals surface area contributed by atoms with Gasteiger partial charge in [0.25, 0.3) is 5.91 Å². The first kappa shape index (κ1) is 21.7. The molecule has 0 aliphatic heterocycles. The average Bonchev–Trinajstić information content (AvgIpc) is 2.66. The second-order valence-corrected chi connectivity index (χ2v) is 7.95. The van der Waals surface area contributed by atoms with Gasteiger partial charge in [-0.05, 0) is 47.9 Å². The fraction of sp³-hybridized carbons (Fsp3) is 0.417. The molecule has 0 fully saturated rings. The van der Waals surface area contributed by atoms with Crippen LogP contribution in [0.4, 0.5) is 0 Å². The summed E-state index contributed by atoms with van der Waals surface area (Å²) in [6, 6.07) is 15.3. The van der Waals surface area contributed by atoms with Gasteiger partial charge in [-0.1, -0.05) is 70.2 Å². The van der Waals surface area contributed by atoms with Gasteiger partial charge < -0.3 is 10.6 Å². The van der Waals surface area contributed by atoms with E-state index in [0.717, 1.165) is 12.0 Å². The van der Waals surface area contributed by atoms with Crippen LogP contribution in [0.5, 0.6) is 0 Å². The Balaban J connectivity index is 1.92. The Bertz CT molecular complexity index is 795. The Hall–Kier alpha value is -2.62. The summed E-state index contributed by atoms with van der Waals surface area (Å²) >= 11 is 0. The molecular formula is C24H32N2O2. The number of hydrogen-bond donors (Lipinski definition) is 2. The van der Waals surface area contributed by atoms with E-state index in [9.17, 15) is 9.59 Å². The maximum absolute atomic E-state index is 12.6. The van der Waals surface area contributed by atoms with Crippen LogP contribution < -0.4 is 10.6 Å². The second-order valence-electron chi connectivity index (χ2n) is 7.95. The first-order chi connectivity index (χ1) is 13.3. The largest absolute Gasteiger partial charge is 0.354 e. The first-order valence-corrected chi connectivity index (χ1v) is 10.0. The molecule has 150 valence electrons. The second kappa shape index (κ2) is 10.1. The Kier molecular flexibility index (Phi) is 7.80. The lowest BCUT2D eigenvalue weighted by Crippen LogP contribution is -2.50. The molecule has 1 unspecified atom stereocenters. The average molecular weight is 381 g/mol. The van der Waals surface area contributed by atoms with Gasteiger partial charge in [0, 0.05) is 12.1 Å². The van der Waals surface area contributed by atoms with E-state index in [0.29, 0.717) is 18.0 Å². The lowest BCUT2D eigenvalue weighted by molar-refractivity contribution is -0.123. The van der Waals surface area contributed by atoms with E-state index < -0.39 is 6.04 Å². The van der Waals surface area contributed by atoms with Crippen LogP contribution in [0.3, 0.4) is 0 Å². The minimum Gasteiger partial charge on any atom is -0.354 e. The third-order valence-corrected chi connectivity index (χ3v) is 4.98. The third kappa shape index (κ3) is 5.95. The van der Waals surface area contributed by atoms with Crippen molar-refractivity contribution in [2.24, 2.45) is 5.92 Å². The van der Waals surface area contributed by atoms with Crippen LogP contribution in [0.25, 0.3) is 0 Å². The molecule has 2 amide bonds. The molecule has 0 aliphatic rings. The zero-order valence-electron chi connectivity index (χ0n) is 17.6. The summed E-state index contributed by atoms with van der Waals surface area (Å²) in [5, 5.41) is 5.86. The van der Waals surface area contributed by atoms with Crippen molar-refractivity contribution in [2.75, 3.05) is 6.54 Å². The number of aryl methyl sites for hydroxylation is 1. The molecule has 28 heavy (non-hydrogen) atoms. The summed E-state index contributed by atoms with van der Waals surface area (Å²) in [4.78, 5) is 25.2. The highest BCUT2D eigenvalue weighted by Crippen LogP contribution is 2.15. The summed E-state index contributed by atoms with van der Waals surface area (Å²) in [6.45, 7) is 10.7. The molecule has 4 nitrogen and oxygen atoms in total. The fourth-order valence-corrected chi connectivity index (χ4v) is 3.09. The van der Waals surface area contributed by atoms with Crippen LogP contribution in [-0.2, 0) is 11.2 Å². The molecule has 1 atom stereocenters. The van der Waals surface area contributed by atoms with Crippen LogP contribution in [0, 0.1) is 12.8 Å². The summed E-state index contributed by atoms with van der Waals surface area (Å²) in [6.07, 6.45) is 0.765. The highest BCUT2D eigenvalue weighted by Gasteiger charge is 2.24. The summed E-state index contributed by atoms with van der Waals surface area (Å²) in [5.41, 5.74) is 4.00. The molecule has 0 spiro atoms. The highest BCUT2D eigenvalue weighted by atomic mass is 16.2. The maximum atomic E-state index is 12.6. The van der Waals surface area contributed by atoms with Crippen LogP contribution in [0.1, 0.15) is 60.7 Å². The number of amides is 2. The van der Waals surface area contributed by atoms with E-state index >= 15 is 0 Å². The molecule has 2 aromatic carbocycles. The predicted octanol–water partition coefficient (Wildman–Crippen LogP) is 4.23. The van der Waals surface area contributed by atoms with Gasteiger partial charge >= 0.3 is 0 Å². The van der Waals surface area contributed by atoms with Crippen molar-refractivity contribution in [2.45, 2.75) is 53.0 Å². The molecule has 0 bridgehead atoms. The summed E-state index contributed by atoms with van der Waals surface area (Å²) < 4.78 is 0. The monoisotopic (exact) mass is 380 g/mol. The van der Waals surface area contributed by atoms with E-state index in [2.05, 4.69) is 48.7 Å². The van der Waals surface area contributed by atoms with Crippen molar-refractivity contribution < 1.29 is 9.59 Å². The van der Waals surface area contributed by atoms with Gasteiger partial charge in [-0.15, -0.1) is 0 Å². The number of carbonyl (C=O) groups is 2. The van der Waals surface area contributed by atoms with E-state index in [-0.39, 0.29) is 17.7 Å². The van der Waals surface area contributed by atoms with Crippen LogP contribution in [0.15, 0.2) is 48.5 Å². The zero-order valence-corrected chi connectivity index (χ0v) is 17.6. The summed E-state index contributed by atoms with van der Waals surface area (Å²) in [5.74, 6) is 0.155. The van der Waals surface area contributed by atoms with Crippen LogP contribution in [0.2, 0.25) is 0 Å². The Morgan fingerprint density at radius 1 is 0.929 bits per heavy atom. The van der Waals surface area contributed by atoms with Crippen LogP contribution in [-0.4, -0.2) is 24.4 Å². The molecule has 0 saturated carbocycles. The SMILES string of the molecule is Cc1ccccc1C(=O)NC(C(=O)NCCc1ccc(C(C)C)cc1)C(C)C.